The number of nitro groups is 1. The number of aromatic hydroxyl groups is 1. The molecule has 0 aromatic heterocycles. The smallest absolute Gasteiger partial charge is 0.310 e. The van der Waals surface area contributed by atoms with E-state index >= 15 is 0 Å². The Morgan fingerprint density at radius 2 is 2.05 bits per heavy atom. The Bertz CT molecular complexity index is 542. The molecule has 1 aliphatic rings. The number of rotatable bonds is 4. The van der Waals surface area contributed by atoms with E-state index in [-0.39, 0.29) is 17.5 Å². The van der Waals surface area contributed by atoms with Gasteiger partial charge in [0.25, 0.3) is 5.91 Å². The van der Waals surface area contributed by atoms with Crippen molar-refractivity contribution in [3.05, 3.63) is 33.9 Å². The van der Waals surface area contributed by atoms with Gasteiger partial charge in [-0.1, -0.05) is 0 Å². The van der Waals surface area contributed by atoms with Crippen molar-refractivity contribution in [1.82, 2.24) is 5.32 Å². The minimum absolute atomic E-state index is 0.137. The average molecular weight is 310 g/mol. The van der Waals surface area contributed by atoms with Gasteiger partial charge in [0.1, 0.15) is 0 Å². The molecule has 0 atom stereocenters. The van der Waals surface area contributed by atoms with Gasteiger partial charge in [-0.2, -0.15) is 11.8 Å². The number of nitrogens with one attached hydrogen (secondary N) is 1. The predicted octanol–water partition coefficient (Wildman–Crippen LogP) is 2.70. The van der Waals surface area contributed by atoms with Crippen LogP contribution in [0, 0.1) is 10.1 Å². The molecule has 1 fully saturated rings. The summed E-state index contributed by atoms with van der Waals surface area (Å²) in [6.07, 6.45) is 6.14. The monoisotopic (exact) mass is 310 g/mol. The number of nitro benzene ring substituents is 1. The van der Waals surface area contributed by atoms with Crippen molar-refractivity contribution in [2.75, 3.05) is 6.26 Å². The van der Waals surface area contributed by atoms with Gasteiger partial charge < -0.3 is 10.4 Å². The molecule has 0 aliphatic heterocycles. The van der Waals surface area contributed by atoms with Crippen LogP contribution in [0.5, 0.6) is 5.75 Å². The molecule has 1 amide bonds. The molecule has 6 nitrogen and oxygen atoms in total. The maximum Gasteiger partial charge on any atom is 0.310 e. The van der Waals surface area contributed by atoms with Gasteiger partial charge in [-0.3, -0.25) is 14.9 Å². The Hall–Kier alpha value is -1.76. The van der Waals surface area contributed by atoms with E-state index in [9.17, 15) is 20.0 Å². The van der Waals surface area contributed by atoms with Crippen molar-refractivity contribution < 1.29 is 14.8 Å². The first kappa shape index (κ1) is 15.6. The molecular formula is C14H18N2O4S. The Morgan fingerprint density at radius 1 is 1.38 bits per heavy atom. The zero-order valence-electron chi connectivity index (χ0n) is 11.7. The van der Waals surface area contributed by atoms with Crippen molar-refractivity contribution in [2.45, 2.75) is 37.0 Å². The van der Waals surface area contributed by atoms with Crippen LogP contribution in [0.4, 0.5) is 5.69 Å². The zero-order valence-corrected chi connectivity index (χ0v) is 12.6. The van der Waals surface area contributed by atoms with Gasteiger partial charge in [0.2, 0.25) is 0 Å². The highest BCUT2D eigenvalue weighted by Crippen LogP contribution is 2.28. The Morgan fingerprint density at radius 3 is 2.57 bits per heavy atom. The number of benzene rings is 1. The summed E-state index contributed by atoms with van der Waals surface area (Å²) in [5.41, 5.74) is -0.155. The minimum Gasteiger partial charge on any atom is -0.502 e. The third-order valence-electron chi connectivity index (χ3n) is 3.78. The van der Waals surface area contributed by atoms with Crippen LogP contribution in [0.1, 0.15) is 36.0 Å². The van der Waals surface area contributed by atoms with Crippen molar-refractivity contribution in [1.29, 1.82) is 0 Å². The highest BCUT2D eigenvalue weighted by molar-refractivity contribution is 7.99. The minimum atomic E-state index is -0.680. The first-order valence-electron chi connectivity index (χ1n) is 6.82. The van der Waals surface area contributed by atoms with E-state index < -0.39 is 16.4 Å². The number of amides is 1. The van der Waals surface area contributed by atoms with E-state index in [1.807, 2.05) is 11.8 Å². The van der Waals surface area contributed by atoms with Crippen LogP contribution >= 0.6 is 11.8 Å². The molecule has 0 heterocycles. The Kier molecular flexibility index (Phi) is 5.06. The number of phenolic OH excluding ortho intramolecular Hbond substituents is 1. The van der Waals surface area contributed by atoms with Gasteiger partial charge in [0, 0.05) is 22.9 Å². The van der Waals surface area contributed by atoms with Gasteiger partial charge in [0.15, 0.2) is 5.75 Å². The standard InChI is InChI=1S/C14H18N2O4S/c1-21-11-5-3-10(4-6-11)15-14(18)9-2-7-12(16(19)20)13(17)8-9/h2,7-8,10-11,17H,3-6H2,1H3,(H,15,18). The lowest BCUT2D eigenvalue weighted by Crippen LogP contribution is -2.38. The third kappa shape index (κ3) is 3.87. The van der Waals surface area contributed by atoms with Gasteiger partial charge >= 0.3 is 5.69 Å². The molecule has 0 spiro atoms. The maximum absolute atomic E-state index is 12.1. The fourth-order valence-corrected chi connectivity index (χ4v) is 3.27. The summed E-state index contributed by atoms with van der Waals surface area (Å²) in [5.74, 6) is -0.786. The van der Waals surface area contributed by atoms with Crippen molar-refractivity contribution >= 4 is 23.4 Å². The van der Waals surface area contributed by atoms with E-state index in [4.69, 9.17) is 0 Å². The molecule has 0 radical (unpaired) electrons. The van der Waals surface area contributed by atoms with Crippen molar-refractivity contribution in [3.8, 4) is 5.75 Å². The van der Waals surface area contributed by atoms with Crippen LogP contribution in [0.15, 0.2) is 18.2 Å². The largest absolute Gasteiger partial charge is 0.502 e. The predicted molar refractivity (Wildman–Crippen MR) is 81.8 cm³/mol. The summed E-state index contributed by atoms with van der Waals surface area (Å²) in [6.45, 7) is 0. The molecule has 1 aliphatic carbocycles. The molecule has 0 unspecified atom stereocenters. The number of phenols is 1. The van der Waals surface area contributed by atoms with Gasteiger partial charge in [-0.05, 0) is 44.1 Å². The van der Waals surface area contributed by atoms with E-state index in [0.717, 1.165) is 37.8 Å². The number of carbonyl (C=O) groups is 1. The van der Waals surface area contributed by atoms with Crippen LogP contribution in [0.2, 0.25) is 0 Å². The fourth-order valence-electron chi connectivity index (χ4n) is 2.53. The van der Waals surface area contributed by atoms with Crippen molar-refractivity contribution in [2.24, 2.45) is 0 Å². The molecule has 1 aromatic carbocycles. The van der Waals surface area contributed by atoms with E-state index in [1.165, 1.54) is 6.07 Å². The first-order chi connectivity index (χ1) is 10.0. The third-order valence-corrected chi connectivity index (χ3v) is 4.92. The van der Waals surface area contributed by atoms with Gasteiger partial charge in [0.05, 0.1) is 4.92 Å². The lowest BCUT2D eigenvalue weighted by molar-refractivity contribution is -0.385. The lowest BCUT2D eigenvalue weighted by atomic mass is 9.94. The van der Waals surface area contributed by atoms with Gasteiger partial charge in [-0.25, -0.2) is 0 Å². The van der Waals surface area contributed by atoms with Crippen LogP contribution in [-0.2, 0) is 0 Å². The molecule has 1 saturated carbocycles. The molecule has 0 bridgehead atoms. The van der Waals surface area contributed by atoms with Crippen molar-refractivity contribution in [3.63, 3.8) is 0 Å². The number of carbonyl (C=O) groups excluding carboxylic acids is 1. The second-order valence-corrected chi connectivity index (χ2v) is 6.28. The van der Waals surface area contributed by atoms with Crippen LogP contribution in [0.25, 0.3) is 0 Å². The molecule has 1 aromatic rings. The number of hydrogen-bond donors (Lipinski definition) is 2. The second kappa shape index (κ2) is 6.80. The maximum atomic E-state index is 12.1. The zero-order chi connectivity index (χ0) is 15.4. The number of nitrogens with zero attached hydrogens (tertiary/aromatic N) is 1. The summed E-state index contributed by atoms with van der Waals surface area (Å²) < 4.78 is 0. The molecular weight excluding hydrogens is 292 g/mol. The molecule has 21 heavy (non-hydrogen) atoms. The molecule has 7 heteroatoms. The number of thioether (sulfide) groups is 1. The fraction of sp³-hybridized carbons (Fsp3) is 0.500. The van der Waals surface area contributed by atoms with Crippen LogP contribution in [0.3, 0.4) is 0 Å². The molecule has 114 valence electrons. The average Bonchev–Trinajstić information content (AvgIpc) is 2.47. The first-order valence-corrected chi connectivity index (χ1v) is 8.11. The molecule has 0 saturated heterocycles. The molecule has 2 N–H and O–H groups in total. The summed E-state index contributed by atoms with van der Waals surface area (Å²) in [5, 5.41) is 23.8. The summed E-state index contributed by atoms with van der Waals surface area (Å²) >= 11 is 1.86. The SMILES string of the molecule is CSC1CCC(NC(=O)c2ccc([N+](=O)[O-])c(O)c2)CC1. The van der Waals surface area contributed by atoms with E-state index in [1.54, 1.807) is 0 Å². The van der Waals surface area contributed by atoms with Gasteiger partial charge in [-0.15, -0.1) is 0 Å². The summed E-state index contributed by atoms with van der Waals surface area (Å²) in [7, 11) is 0. The van der Waals surface area contributed by atoms with E-state index in [0.29, 0.717) is 5.25 Å². The topological polar surface area (TPSA) is 92.5 Å². The Labute approximate surface area is 127 Å². The second-order valence-electron chi connectivity index (χ2n) is 5.14. The lowest BCUT2D eigenvalue weighted by Gasteiger charge is -2.28. The van der Waals surface area contributed by atoms with E-state index in [2.05, 4.69) is 11.6 Å². The quantitative estimate of drug-likeness (QED) is 0.659. The highest BCUT2D eigenvalue weighted by atomic mass is 32.2. The number of hydrogen-bond acceptors (Lipinski definition) is 5. The summed E-state index contributed by atoms with van der Waals surface area (Å²) in [6, 6.07) is 3.79. The molecule has 2 rings (SSSR count). The van der Waals surface area contributed by atoms with Crippen LogP contribution < -0.4 is 5.32 Å². The summed E-state index contributed by atoms with van der Waals surface area (Å²) in [4.78, 5) is 22.0. The highest BCUT2D eigenvalue weighted by Gasteiger charge is 2.23. The van der Waals surface area contributed by atoms with Crippen LogP contribution in [-0.4, -0.2) is 33.5 Å². The Balaban J connectivity index is 1.98. The normalized spacial score (nSPS) is 21.8.